The molecule has 470 valence electrons. The molecule has 5 aromatic carbocycles. The highest BCUT2D eigenvalue weighted by atomic mass is 16.6. The van der Waals surface area contributed by atoms with Crippen LogP contribution < -0.4 is 38.8 Å². The summed E-state index contributed by atoms with van der Waals surface area (Å²) in [5.41, 5.74) is 2.13. The molecule has 0 atom stereocenters. The lowest BCUT2D eigenvalue weighted by atomic mass is 9.76. The standard InChI is InChI=1S/C67H79N3O18/c1-9-15-17-19-23-45-34-51-58(37-56(45)85-43(7)71)87-59-38-57(86-44(8)72)46(24-20-18-16-10-2)35-52(59)67(51)50-29-27-47(33-49(50)66(78)88-67)65(77)68-48-28-30-54(70(41-63(75)81-13-5)42-64(76)82-14-6)60(36-48)84-32-31-83-55-26-22-21-25-53(55)69(39-61(73)79-11-3)40-62(74)80-12-4/h21-22,25-30,33-38H,9-20,23-24,31-32,39-42H2,1-8H3,(H,68,77). The van der Waals surface area contributed by atoms with E-state index in [1.165, 1.54) is 35.8 Å². The summed E-state index contributed by atoms with van der Waals surface area (Å²) in [6.45, 7) is 12.3. The lowest BCUT2D eigenvalue weighted by Crippen LogP contribution is -2.36. The van der Waals surface area contributed by atoms with Gasteiger partial charge in [-0.3, -0.25) is 33.6 Å². The molecule has 2 aliphatic rings. The first-order valence-corrected chi connectivity index (χ1v) is 30.2. The number of esters is 7. The maximum absolute atomic E-state index is 14.7. The molecule has 0 radical (unpaired) electrons. The van der Waals surface area contributed by atoms with Crippen molar-refractivity contribution in [2.75, 3.05) is 80.9 Å². The first-order chi connectivity index (χ1) is 42.5. The van der Waals surface area contributed by atoms with Gasteiger partial charge >= 0.3 is 41.8 Å². The predicted molar refractivity (Wildman–Crippen MR) is 326 cm³/mol. The van der Waals surface area contributed by atoms with Gasteiger partial charge in [-0.05, 0) is 113 Å². The third-order valence-corrected chi connectivity index (χ3v) is 14.4. The minimum Gasteiger partial charge on any atom is -0.488 e. The first kappa shape index (κ1) is 66.4. The number of fused-ring (bicyclic) bond motifs is 6. The number of anilines is 3. The Kier molecular flexibility index (Phi) is 24.2. The van der Waals surface area contributed by atoms with Gasteiger partial charge in [-0.25, -0.2) is 4.79 Å². The minimum atomic E-state index is -1.65. The third-order valence-electron chi connectivity index (χ3n) is 14.4. The maximum Gasteiger partial charge on any atom is 0.340 e. The van der Waals surface area contributed by atoms with E-state index in [-0.39, 0.29) is 117 Å². The van der Waals surface area contributed by atoms with Crippen LogP contribution in [0.1, 0.15) is 155 Å². The molecular formula is C67H79N3O18. The Hall–Kier alpha value is -9.14. The van der Waals surface area contributed by atoms with Gasteiger partial charge < -0.3 is 62.5 Å². The molecular weight excluding hydrogens is 1130 g/mol. The van der Waals surface area contributed by atoms with Gasteiger partial charge in [0.2, 0.25) is 0 Å². The number of nitrogens with one attached hydrogen (secondary N) is 1. The number of rotatable bonds is 33. The van der Waals surface area contributed by atoms with Crippen molar-refractivity contribution in [1.82, 2.24) is 0 Å². The lowest BCUT2D eigenvalue weighted by Gasteiger charge is -2.37. The summed E-state index contributed by atoms with van der Waals surface area (Å²) >= 11 is 0. The number of nitrogens with zero attached hydrogens (tertiary/aromatic N) is 2. The van der Waals surface area contributed by atoms with Crippen molar-refractivity contribution < 1.29 is 85.7 Å². The average Bonchev–Trinajstić information content (AvgIpc) is 1.41. The molecule has 7 rings (SSSR count). The number of carbonyl (C=O) groups excluding carboxylic acids is 8. The molecule has 1 amide bonds. The number of aryl methyl sites for hydroxylation is 2. The van der Waals surface area contributed by atoms with Crippen LogP contribution in [0.3, 0.4) is 0 Å². The summed E-state index contributed by atoms with van der Waals surface area (Å²) in [6, 6.07) is 23.0. The topological polar surface area (TPSA) is 247 Å². The van der Waals surface area contributed by atoms with Crippen LogP contribution in [0.25, 0.3) is 0 Å². The number of para-hydroxylation sites is 2. The molecule has 0 bridgehead atoms. The zero-order valence-corrected chi connectivity index (χ0v) is 51.5. The monoisotopic (exact) mass is 1210 g/mol. The second-order valence-electron chi connectivity index (χ2n) is 20.9. The number of ether oxygens (including phenoxy) is 10. The van der Waals surface area contributed by atoms with E-state index in [1.807, 2.05) is 12.1 Å². The van der Waals surface area contributed by atoms with Crippen molar-refractivity contribution in [1.29, 1.82) is 0 Å². The average molecular weight is 1210 g/mol. The normalized spacial score (nSPS) is 12.2. The zero-order valence-electron chi connectivity index (χ0n) is 51.5. The van der Waals surface area contributed by atoms with E-state index in [2.05, 4.69) is 19.2 Å². The van der Waals surface area contributed by atoms with Crippen molar-refractivity contribution in [3.8, 4) is 34.5 Å². The number of benzene rings is 5. The Morgan fingerprint density at radius 1 is 0.500 bits per heavy atom. The molecule has 0 aromatic heterocycles. The van der Waals surface area contributed by atoms with Crippen molar-refractivity contribution in [2.24, 2.45) is 0 Å². The van der Waals surface area contributed by atoms with E-state index < -0.39 is 53.3 Å². The molecule has 2 heterocycles. The minimum absolute atomic E-state index is 0.0733. The van der Waals surface area contributed by atoms with Gasteiger partial charge in [-0.1, -0.05) is 70.6 Å². The highest BCUT2D eigenvalue weighted by Crippen LogP contribution is 2.58. The fourth-order valence-electron chi connectivity index (χ4n) is 10.6. The van der Waals surface area contributed by atoms with E-state index in [9.17, 15) is 38.4 Å². The van der Waals surface area contributed by atoms with Gasteiger partial charge in [-0.15, -0.1) is 0 Å². The molecule has 21 heteroatoms. The van der Waals surface area contributed by atoms with E-state index in [4.69, 9.17) is 47.4 Å². The third kappa shape index (κ3) is 16.9. The first-order valence-electron chi connectivity index (χ1n) is 30.2. The second-order valence-corrected chi connectivity index (χ2v) is 20.9. The molecule has 1 N–H and O–H groups in total. The van der Waals surface area contributed by atoms with E-state index in [1.54, 1.807) is 88.4 Å². The molecule has 0 saturated carbocycles. The molecule has 0 saturated heterocycles. The second kappa shape index (κ2) is 32.0. The number of amides is 1. The molecule has 2 aliphatic heterocycles. The van der Waals surface area contributed by atoms with Crippen molar-refractivity contribution >= 4 is 64.8 Å². The Labute approximate surface area is 513 Å². The summed E-state index contributed by atoms with van der Waals surface area (Å²) in [5.74, 6) is -3.40. The van der Waals surface area contributed by atoms with Gasteiger partial charge in [0.1, 0.15) is 73.9 Å². The molecule has 0 unspecified atom stereocenters. The Balaban J connectivity index is 1.26. The van der Waals surface area contributed by atoms with Crippen molar-refractivity contribution in [3.05, 3.63) is 124 Å². The molecule has 5 aromatic rings. The van der Waals surface area contributed by atoms with Gasteiger partial charge in [0, 0.05) is 60.0 Å². The van der Waals surface area contributed by atoms with E-state index in [0.29, 0.717) is 52.1 Å². The lowest BCUT2D eigenvalue weighted by molar-refractivity contribution is -0.144. The summed E-state index contributed by atoms with van der Waals surface area (Å²) < 4.78 is 58.4. The van der Waals surface area contributed by atoms with Gasteiger partial charge in [0.15, 0.2) is 5.60 Å². The molecule has 21 nitrogen and oxygen atoms in total. The van der Waals surface area contributed by atoms with Gasteiger partial charge in [-0.2, -0.15) is 0 Å². The number of hydrogen-bond donors (Lipinski definition) is 1. The van der Waals surface area contributed by atoms with Crippen molar-refractivity contribution in [2.45, 2.75) is 125 Å². The van der Waals surface area contributed by atoms with E-state index in [0.717, 1.165) is 51.4 Å². The largest absolute Gasteiger partial charge is 0.488 e. The van der Waals surface area contributed by atoms with Crippen LogP contribution in [0.2, 0.25) is 0 Å². The summed E-state index contributed by atoms with van der Waals surface area (Å²) in [7, 11) is 0. The van der Waals surface area contributed by atoms with Crippen LogP contribution in [0.4, 0.5) is 17.1 Å². The summed E-state index contributed by atoms with van der Waals surface area (Å²) in [5, 5.41) is 2.91. The summed E-state index contributed by atoms with van der Waals surface area (Å²) in [4.78, 5) is 109. The Bertz CT molecular complexity index is 3220. The van der Waals surface area contributed by atoms with Crippen LogP contribution in [-0.2, 0) is 70.9 Å². The highest BCUT2D eigenvalue weighted by molar-refractivity contribution is 6.07. The smallest absolute Gasteiger partial charge is 0.340 e. The number of hydrogen-bond acceptors (Lipinski definition) is 20. The Morgan fingerprint density at radius 3 is 1.45 bits per heavy atom. The fraction of sp³-hybridized carbons (Fsp3) is 0.433. The van der Waals surface area contributed by atoms with Crippen molar-refractivity contribution in [3.63, 3.8) is 0 Å². The molecule has 0 aliphatic carbocycles. The number of carbonyl (C=O) groups is 8. The maximum atomic E-state index is 14.7. The van der Waals surface area contributed by atoms with Crippen LogP contribution in [0, 0.1) is 0 Å². The summed E-state index contributed by atoms with van der Waals surface area (Å²) in [6.07, 6.45) is 8.52. The van der Waals surface area contributed by atoms with Crippen LogP contribution >= 0.6 is 0 Å². The molecule has 0 fully saturated rings. The number of unbranched alkanes of at least 4 members (excludes halogenated alkanes) is 6. The highest BCUT2D eigenvalue weighted by Gasteiger charge is 2.54. The van der Waals surface area contributed by atoms with Gasteiger partial charge in [0.05, 0.1) is 43.4 Å². The zero-order chi connectivity index (χ0) is 63.3. The predicted octanol–water partition coefficient (Wildman–Crippen LogP) is 10.9. The Morgan fingerprint density at radius 2 is 0.977 bits per heavy atom. The fourth-order valence-corrected chi connectivity index (χ4v) is 10.6. The van der Waals surface area contributed by atoms with Crippen LogP contribution in [0.15, 0.2) is 84.9 Å². The van der Waals surface area contributed by atoms with Gasteiger partial charge in [0.25, 0.3) is 5.91 Å². The molecule has 88 heavy (non-hydrogen) atoms. The van der Waals surface area contributed by atoms with Crippen LogP contribution in [0.5, 0.6) is 34.5 Å². The van der Waals surface area contributed by atoms with Crippen LogP contribution in [-0.4, -0.2) is 114 Å². The molecule has 1 spiro atoms. The SMILES string of the molecule is CCCCCCc1cc2c(cc1OC(C)=O)Oc1cc(OC(C)=O)c(CCCCCC)cc1C21OC(=O)c2cc(C(=O)Nc3ccc(N(CC(=O)OCC)CC(=O)OCC)c(OCCOc4ccccc4N(CC(=O)OCC)CC(=O)OCC)c3)ccc21. The quantitative estimate of drug-likeness (QED) is 0.0177. The van der Waals surface area contributed by atoms with E-state index >= 15 is 0 Å².